The van der Waals surface area contributed by atoms with Gasteiger partial charge in [-0.05, 0) is 61.6 Å². The van der Waals surface area contributed by atoms with Gasteiger partial charge in [-0.1, -0.05) is 6.07 Å². The minimum atomic E-state index is 0.147. The molecule has 1 amide bonds. The smallest absolute Gasteiger partial charge is 0.263 e. The lowest BCUT2D eigenvalue weighted by Crippen LogP contribution is -2.29. The maximum Gasteiger partial charge on any atom is 0.263 e. The minimum absolute atomic E-state index is 0.147. The van der Waals surface area contributed by atoms with Gasteiger partial charge in [0.15, 0.2) is 0 Å². The van der Waals surface area contributed by atoms with Crippen LogP contribution in [0.4, 0.5) is 0 Å². The first-order chi connectivity index (χ1) is 10.7. The van der Waals surface area contributed by atoms with Crippen LogP contribution in [0.15, 0.2) is 24.3 Å². The predicted molar refractivity (Wildman–Crippen MR) is 91.0 cm³/mol. The average molecular weight is 315 g/mol. The monoisotopic (exact) mass is 315 g/mol. The zero-order valence-electron chi connectivity index (χ0n) is 13.3. The van der Waals surface area contributed by atoms with Crippen LogP contribution in [0, 0.1) is 0 Å². The van der Waals surface area contributed by atoms with Crippen LogP contribution in [0.3, 0.4) is 0 Å². The van der Waals surface area contributed by atoms with E-state index < -0.39 is 0 Å². The fraction of sp³-hybridized carbons (Fsp3) is 0.389. The van der Waals surface area contributed by atoms with Crippen molar-refractivity contribution in [2.24, 2.45) is 0 Å². The Hall–Kier alpha value is -1.81. The van der Waals surface area contributed by atoms with E-state index in [-0.39, 0.29) is 5.91 Å². The van der Waals surface area contributed by atoms with E-state index in [1.54, 1.807) is 18.4 Å². The summed E-state index contributed by atoms with van der Waals surface area (Å²) in [6, 6.07) is 8.33. The predicted octanol–water partition coefficient (Wildman–Crippen LogP) is 4.00. The van der Waals surface area contributed by atoms with Crippen molar-refractivity contribution in [1.82, 2.24) is 4.90 Å². The van der Waals surface area contributed by atoms with Gasteiger partial charge in [0, 0.05) is 18.0 Å². The maximum atomic E-state index is 12.6. The third-order valence-electron chi connectivity index (χ3n) is 4.30. The van der Waals surface area contributed by atoms with E-state index in [1.165, 1.54) is 21.6 Å². The Morgan fingerprint density at radius 2 is 1.91 bits per heavy atom. The molecular formula is C18H21NO2S. The second kappa shape index (κ2) is 6.13. The van der Waals surface area contributed by atoms with Crippen molar-refractivity contribution in [2.45, 2.75) is 26.7 Å². The molecule has 1 aromatic carbocycles. The molecule has 1 heterocycles. The molecule has 0 N–H and O–H groups in total. The average Bonchev–Trinajstić information content (AvgIpc) is 3.00. The number of rotatable bonds is 4. The Labute approximate surface area is 135 Å². The Morgan fingerprint density at radius 3 is 2.59 bits per heavy atom. The third kappa shape index (κ3) is 2.52. The summed E-state index contributed by atoms with van der Waals surface area (Å²) in [6.45, 7) is 5.55. The lowest BCUT2D eigenvalue weighted by atomic mass is 9.91. The van der Waals surface area contributed by atoms with Gasteiger partial charge in [-0.25, -0.2) is 0 Å². The molecule has 0 unspecified atom stereocenters. The van der Waals surface area contributed by atoms with Gasteiger partial charge in [0.2, 0.25) is 0 Å². The number of hydrogen-bond acceptors (Lipinski definition) is 3. The first-order valence-electron chi connectivity index (χ1n) is 7.77. The Bertz CT molecular complexity index is 701. The molecule has 0 aliphatic heterocycles. The van der Waals surface area contributed by atoms with Crippen molar-refractivity contribution in [3.63, 3.8) is 0 Å². The van der Waals surface area contributed by atoms with Gasteiger partial charge in [-0.15, -0.1) is 11.3 Å². The van der Waals surface area contributed by atoms with Gasteiger partial charge < -0.3 is 9.64 Å². The second-order valence-electron chi connectivity index (χ2n) is 5.47. The van der Waals surface area contributed by atoms with E-state index in [2.05, 4.69) is 18.2 Å². The highest BCUT2D eigenvalue weighted by Gasteiger charge is 2.23. The summed E-state index contributed by atoms with van der Waals surface area (Å²) in [5.74, 6) is 1.02. The van der Waals surface area contributed by atoms with Crippen molar-refractivity contribution in [3.05, 3.63) is 40.3 Å². The number of hydrogen-bond donors (Lipinski definition) is 0. The highest BCUT2D eigenvalue weighted by Crippen LogP contribution is 2.41. The van der Waals surface area contributed by atoms with Crippen LogP contribution >= 0.6 is 11.3 Å². The van der Waals surface area contributed by atoms with Gasteiger partial charge in [0.1, 0.15) is 5.75 Å². The first kappa shape index (κ1) is 15.1. The van der Waals surface area contributed by atoms with Crippen molar-refractivity contribution in [2.75, 3.05) is 20.2 Å². The zero-order valence-corrected chi connectivity index (χ0v) is 14.1. The summed E-state index contributed by atoms with van der Waals surface area (Å²) in [4.78, 5) is 16.5. The molecule has 3 rings (SSSR count). The summed E-state index contributed by atoms with van der Waals surface area (Å²) in [5.41, 5.74) is 3.86. The topological polar surface area (TPSA) is 29.5 Å². The van der Waals surface area contributed by atoms with Crippen LogP contribution in [0.5, 0.6) is 5.75 Å². The minimum Gasteiger partial charge on any atom is -0.497 e. The molecule has 0 bridgehead atoms. The molecule has 22 heavy (non-hydrogen) atoms. The lowest BCUT2D eigenvalue weighted by Gasteiger charge is -2.17. The maximum absolute atomic E-state index is 12.6. The number of benzene rings is 1. The van der Waals surface area contributed by atoms with Crippen molar-refractivity contribution >= 4 is 17.2 Å². The number of carbonyl (C=O) groups excluding carboxylic acids is 1. The fourth-order valence-electron chi connectivity index (χ4n) is 3.00. The van der Waals surface area contributed by atoms with Crippen LogP contribution in [0.1, 0.15) is 34.6 Å². The standard InChI is InChI=1S/C18H21NO2S/c1-4-19(5-2)18(20)16-10-13-7-6-12-8-9-14(21-3)11-15(12)17(13)22-16/h8-11H,4-7H2,1-3H3. The van der Waals surface area contributed by atoms with Gasteiger partial charge >= 0.3 is 0 Å². The normalized spacial score (nSPS) is 12.5. The van der Waals surface area contributed by atoms with Crippen molar-refractivity contribution in [1.29, 1.82) is 0 Å². The number of carbonyl (C=O) groups is 1. The van der Waals surface area contributed by atoms with Gasteiger partial charge in [0.25, 0.3) is 5.91 Å². The fourth-order valence-corrected chi connectivity index (χ4v) is 4.23. The Kier molecular flexibility index (Phi) is 4.21. The molecule has 116 valence electrons. The van der Waals surface area contributed by atoms with E-state index in [4.69, 9.17) is 4.74 Å². The number of ether oxygens (including phenoxy) is 1. The van der Waals surface area contributed by atoms with Crippen LogP contribution in [0.2, 0.25) is 0 Å². The molecule has 0 saturated carbocycles. The summed E-state index contributed by atoms with van der Waals surface area (Å²) in [6.07, 6.45) is 2.04. The highest BCUT2D eigenvalue weighted by atomic mass is 32.1. The molecule has 0 radical (unpaired) electrons. The summed E-state index contributed by atoms with van der Waals surface area (Å²) < 4.78 is 5.35. The van der Waals surface area contributed by atoms with Crippen LogP contribution in [-0.2, 0) is 12.8 Å². The molecule has 1 aromatic heterocycles. The SMILES string of the molecule is CCN(CC)C(=O)c1cc2c(s1)-c1cc(OC)ccc1CC2. The molecule has 1 aliphatic rings. The number of amides is 1. The van der Waals surface area contributed by atoms with Gasteiger partial charge in [0.05, 0.1) is 12.0 Å². The Morgan fingerprint density at radius 1 is 1.18 bits per heavy atom. The molecule has 0 spiro atoms. The number of fused-ring (bicyclic) bond motifs is 3. The van der Waals surface area contributed by atoms with E-state index in [0.29, 0.717) is 0 Å². The van der Waals surface area contributed by atoms with E-state index >= 15 is 0 Å². The molecule has 0 fully saturated rings. The highest BCUT2D eigenvalue weighted by molar-refractivity contribution is 7.17. The molecule has 2 aromatic rings. The molecule has 0 saturated heterocycles. The molecule has 0 atom stereocenters. The summed E-state index contributed by atoms with van der Waals surface area (Å²) in [5, 5.41) is 0. The molecule has 4 heteroatoms. The number of thiophene rings is 1. The first-order valence-corrected chi connectivity index (χ1v) is 8.58. The molecule has 3 nitrogen and oxygen atoms in total. The van der Waals surface area contributed by atoms with E-state index in [9.17, 15) is 4.79 Å². The van der Waals surface area contributed by atoms with Crippen molar-refractivity contribution < 1.29 is 9.53 Å². The zero-order chi connectivity index (χ0) is 15.7. The van der Waals surface area contributed by atoms with Gasteiger partial charge in [-0.3, -0.25) is 4.79 Å². The third-order valence-corrected chi connectivity index (χ3v) is 5.49. The van der Waals surface area contributed by atoms with Gasteiger partial charge in [-0.2, -0.15) is 0 Å². The van der Waals surface area contributed by atoms with Crippen LogP contribution < -0.4 is 4.74 Å². The summed E-state index contributed by atoms with van der Waals surface area (Å²) >= 11 is 1.62. The van der Waals surface area contributed by atoms with Crippen molar-refractivity contribution in [3.8, 4) is 16.2 Å². The quantitative estimate of drug-likeness (QED) is 0.853. The van der Waals surface area contributed by atoms with Crippen LogP contribution in [-0.4, -0.2) is 31.0 Å². The lowest BCUT2D eigenvalue weighted by molar-refractivity contribution is 0.0778. The van der Waals surface area contributed by atoms with E-state index in [0.717, 1.165) is 36.6 Å². The number of aryl methyl sites for hydroxylation is 2. The molecule has 1 aliphatic carbocycles. The molecular weight excluding hydrogens is 294 g/mol. The summed E-state index contributed by atoms with van der Waals surface area (Å²) in [7, 11) is 1.69. The van der Waals surface area contributed by atoms with Crippen LogP contribution in [0.25, 0.3) is 10.4 Å². The number of nitrogens with zero attached hydrogens (tertiary/aromatic N) is 1. The largest absolute Gasteiger partial charge is 0.497 e. The number of methoxy groups -OCH3 is 1. The van der Waals surface area contributed by atoms with E-state index in [1.807, 2.05) is 24.8 Å². The second-order valence-corrected chi connectivity index (χ2v) is 6.52. The Balaban J connectivity index is 2.02.